The Morgan fingerprint density at radius 1 is 1.38 bits per heavy atom. The summed E-state index contributed by atoms with van der Waals surface area (Å²) in [6.07, 6.45) is 0. The smallest absolute Gasteiger partial charge is 0.0189 e. The SMILES string of the molecule is CC(C)Sc1cc(Br)cc(CN)c1. The molecule has 0 atom stereocenters. The third-order valence-corrected chi connectivity index (χ3v) is 2.98. The standard InChI is InChI=1S/C10H14BrNS/c1-7(2)13-10-4-8(6-12)3-9(11)5-10/h3-5,7H,6,12H2,1-2H3. The van der Waals surface area contributed by atoms with Crippen LogP contribution in [-0.4, -0.2) is 5.25 Å². The third-order valence-electron chi connectivity index (χ3n) is 1.54. The lowest BCUT2D eigenvalue weighted by Crippen LogP contribution is -1.96. The molecule has 72 valence electrons. The minimum absolute atomic E-state index is 0.602. The van der Waals surface area contributed by atoms with Gasteiger partial charge in [0.15, 0.2) is 0 Å². The molecule has 2 N–H and O–H groups in total. The van der Waals surface area contributed by atoms with Crippen LogP contribution in [0.1, 0.15) is 19.4 Å². The van der Waals surface area contributed by atoms with E-state index in [0.717, 1.165) is 4.47 Å². The second-order valence-electron chi connectivity index (χ2n) is 3.17. The monoisotopic (exact) mass is 259 g/mol. The summed E-state index contributed by atoms with van der Waals surface area (Å²) in [5.41, 5.74) is 6.77. The van der Waals surface area contributed by atoms with Gasteiger partial charge in [0, 0.05) is 21.2 Å². The number of nitrogens with two attached hydrogens (primary N) is 1. The van der Waals surface area contributed by atoms with Crippen LogP contribution in [-0.2, 0) is 6.54 Å². The molecule has 0 heterocycles. The van der Waals surface area contributed by atoms with Crippen molar-refractivity contribution in [3.63, 3.8) is 0 Å². The molecule has 0 unspecified atom stereocenters. The highest BCUT2D eigenvalue weighted by molar-refractivity contribution is 9.10. The molecule has 0 spiro atoms. The third kappa shape index (κ3) is 3.71. The molecule has 0 bridgehead atoms. The molecular weight excluding hydrogens is 246 g/mol. The first-order valence-corrected chi connectivity index (χ1v) is 5.95. The molecule has 1 aromatic rings. The van der Waals surface area contributed by atoms with Gasteiger partial charge in [0.05, 0.1) is 0 Å². The van der Waals surface area contributed by atoms with Gasteiger partial charge in [-0.05, 0) is 23.8 Å². The van der Waals surface area contributed by atoms with E-state index in [2.05, 4.69) is 48.0 Å². The van der Waals surface area contributed by atoms with Gasteiger partial charge in [-0.2, -0.15) is 0 Å². The van der Waals surface area contributed by atoms with E-state index in [1.807, 2.05) is 11.8 Å². The summed E-state index contributed by atoms with van der Waals surface area (Å²) < 4.78 is 1.11. The molecule has 0 radical (unpaired) electrons. The van der Waals surface area contributed by atoms with Crippen molar-refractivity contribution >= 4 is 27.7 Å². The van der Waals surface area contributed by atoms with Crippen molar-refractivity contribution in [2.24, 2.45) is 5.73 Å². The molecule has 0 amide bonds. The Labute approximate surface area is 92.2 Å². The van der Waals surface area contributed by atoms with E-state index < -0.39 is 0 Å². The van der Waals surface area contributed by atoms with Gasteiger partial charge in [0.2, 0.25) is 0 Å². The van der Waals surface area contributed by atoms with Crippen molar-refractivity contribution in [2.75, 3.05) is 0 Å². The Balaban J connectivity index is 2.88. The maximum absolute atomic E-state index is 5.59. The van der Waals surface area contributed by atoms with Crippen LogP contribution in [0.4, 0.5) is 0 Å². The highest BCUT2D eigenvalue weighted by atomic mass is 79.9. The first kappa shape index (κ1) is 11.1. The van der Waals surface area contributed by atoms with E-state index in [9.17, 15) is 0 Å². The van der Waals surface area contributed by atoms with Gasteiger partial charge in [0.1, 0.15) is 0 Å². The fourth-order valence-corrected chi connectivity index (χ4v) is 2.73. The maximum atomic E-state index is 5.59. The summed E-state index contributed by atoms with van der Waals surface area (Å²) >= 11 is 5.33. The molecular formula is C10H14BrNS. The maximum Gasteiger partial charge on any atom is 0.0189 e. The van der Waals surface area contributed by atoms with Crippen molar-refractivity contribution in [1.82, 2.24) is 0 Å². The predicted octanol–water partition coefficient (Wildman–Crippen LogP) is 3.41. The lowest BCUT2D eigenvalue weighted by Gasteiger charge is -2.07. The average Bonchev–Trinajstić information content (AvgIpc) is 2.01. The molecule has 0 aromatic heterocycles. The number of hydrogen-bond donors (Lipinski definition) is 1. The largest absolute Gasteiger partial charge is 0.326 e. The molecule has 1 nitrogen and oxygen atoms in total. The topological polar surface area (TPSA) is 26.0 Å². The lowest BCUT2D eigenvalue weighted by molar-refractivity contribution is 1.05. The average molecular weight is 260 g/mol. The zero-order valence-corrected chi connectivity index (χ0v) is 10.3. The van der Waals surface area contributed by atoms with Gasteiger partial charge < -0.3 is 5.73 Å². The van der Waals surface area contributed by atoms with E-state index >= 15 is 0 Å². The van der Waals surface area contributed by atoms with Gasteiger partial charge in [-0.1, -0.05) is 29.8 Å². The zero-order valence-electron chi connectivity index (χ0n) is 7.88. The summed E-state index contributed by atoms with van der Waals surface area (Å²) in [7, 11) is 0. The number of rotatable bonds is 3. The molecule has 0 aliphatic rings. The number of hydrogen-bond acceptors (Lipinski definition) is 2. The van der Waals surface area contributed by atoms with E-state index in [-0.39, 0.29) is 0 Å². The minimum Gasteiger partial charge on any atom is -0.326 e. The Hall–Kier alpha value is 0.01000. The summed E-state index contributed by atoms with van der Waals surface area (Å²) in [5, 5.41) is 0.611. The Kier molecular flexibility index (Phi) is 4.29. The lowest BCUT2D eigenvalue weighted by atomic mass is 10.2. The van der Waals surface area contributed by atoms with Crippen LogP contribution in [0.3, 0.4) is 0 Å². The fraction of sp³-hybridized carbons (Fsp3) is 0.400. The van der Waals surface area contributed by atoms with Crippen LogP contribution in [0.15, 0.2) is 27.6 Å². The fourth-order valence-electron chi connectivity index (χ4n) is 1.08. The van der Waals surface area contributed by atoms with Crippen molar-refractivity contribution in [1.29, 1.82) is 0 Å². The Morgan fingerprint density at radius 3 is 2.62 bits per heavy atom. The number of benzene rings is 1. The summed E-state index contributed by atoms with van der Waals surface area (Å²) in [5.74, 6) is 0. The van der Waals surface area contributed by atoms with Crippen LogP contribution < -0.4 is 5.73 Å². The van der Waals surface area contributed by atoms with Crippen LogP contribution in [0.2, 0.25) is 0 Å². The van der Waals surface area contributed by atoms with Crippen molar-refractivity contribution in [3.05, 3.63) is 28.2 Å². The van der Waals surface area contributed by atoms with Crippen LogP contribution in [0, 0.1) is 0 Å². The van der Waals surface area contributed by atoms with Gasteiger partial charge in [-0.15, -0.1) is 11.8 Å². The second kappa shape index (κ2) is 5.03. The first-order valence-electron chi connectivity index (χ1n) is 4.28. The normalized spacial score (nSPS) is 10.8. The highest BCUT2D eigenvalue weighted by Gasteiger charge is 2.01. The summed E-state index contributed by atoms with van der Waals surface area (Å²) in [6.45, 7) is 4.98. The van der Waals surface area contributed by atoms with Gasteiger partial charge in [-0.25, -0.2) is 0 Å². The molecule has 1 rings (SSSR count). The molecule has 0 saturated heterocycles. The molecule has 1 aromatic carbocycles. The van der Waals surface area contributed by atoms with E-state index in [0.29, 0.717) is 11.8 Å². The molecule has 3 heteroatoms. The van der Waals surface area contributed by atoms with Crippen molar-refractivity contribution in [3.8, 4) is 0 Å². The Bertz CT molecular complexity index is 286. The molecule has 0 saturated carbocycles. The summed E-state index contributed by atoms with van der Waals surface area (Å²) in [6, 6.07) is 6.34. The first-order chi connectivity index (χ1) is 6.11. The molecule has 0 fully saturated rings. The zero-order chi connectivity index (χ0) is 9.84. The van der Waals surface area contributed by atoms with Gasteiger partial charge in [0.25, 0.3) is 0 Å². The van der Waals surface area contributed by atoms with Gasteiger partial charge in [-0.3, -0.25) is 0 Å². The molecule has 0 aliphatic heterocycles. The van der Waals surface area contributed by atoms with Crippen molar-refractivity contribution < 1.29 is 0 Å². The molecule has 0 aliphatic carbocycles. The van der Waals surface area contributed by atoms with Crippen LogP contribution >= 0.6 is 27.7 Å². The number of halogens is 1. The molecule has 13 heavy (non-hydrogen) atoms. The van der Waals surface area contributed by atoms with Gasteiger partial charge >= 0.3 is 0 Å². The van der Waals surface area contributed by atoms with E-state index in [1.54, 1.807) is 0 Å². The summed E-state index contributed by atoms with van der Waals surface area (Å²) in [4.78, 5) is 1.28. The van der Waals surface area contributed by atoms with Crippen LogP contribution in [0.25, 0.3) is 0 Å². The van der Waals surface area contributed by atoms with Crippen molar-refractivity contribution in [2.45, 2.75) is 30.5 Å². The van der Waals surface area contributed by atoms with E-state index in [4.69, 9.17) is 5.73 Å². The number of thioether (sulfide) groups is 1. The predicted molar refractivity (Wildman–Crippen MR) is 63.0 cm³/mol. The van der Waals surface area contributed by atoms with E-state index in [1.165, 1.54) is 10.5 Å². The Morgan fingerprint density at radius 2 is 2.08 bits per heavy atom. The second-order valence-corrected chi connectivity index (χ2v) is 5.73. The quantitative estimate of drug-likeness (QED) is 0.843. The highest BCUT2D eigenvalue weighted by Crippen LogP contribution is 2.27. The van der Waals surface area contributed by atoms with Crippen LogP contribution in [0.5, 0.6) is 0 Å². The minimum atomic E-state index is 0.602.